The van der Waals surface area contributed by atoms with Crippen molar-refractivity contribution < 1.29 is 22.4 Å². The molecule has 2 aromatic carbocycles. The summed E-state index contributed by atoms with van der Waals surface area (Å²) in [5, 5.41) is 2.56. The maximum atomic E-state index is 13.2. The standard InChI is InChI=1S/C20H17F4N3O3/c1-2-26-18(29)14-5-3-4-6-16(14)27(19(26)30)11-17(28)25-10-12-7-8-13(21)9-15(12)20(22,23)24/h3-9H,2,10-11H2,1H3,(H,25,28). The summed E-state index contributed by atoms with van der Waals surface area (Å²) in [6.45, 7) is 0.694. The number of amides is 1. The van der Waals surface area contributed by atoms with Crippen LogP contribution >= 0.6 is 0 Å². The highest BCUT2D eigenvalue weighted by atomic mass is 19.4. The van der Waals surface area contributed by atoms with Crippen LogP contribution < -0.4 is 16.6 Å². The van der Waals surface area contributed by atoms with Crippen LogP contribution in [0.1, 0.15) is 18.1 Å². The van der Waals surface area contributed by atoms with Crippen molar-refractivity contribution >= 4 is 16.8 Å². The predicted octanol–water partition coefficient (Wildman–Crippen LogP) is 2.66. The van der Waals surface area contributed by atoms with Crippen molar-refractivity contribution in [1.29, 1.82) is 0 Å². The second-order valence-corrected chi connectivity index (χ2v) is 6.51. The van der Waals surface area contributed by atoms with Gasteiger partial charge in [0.15, 0.2) is 0 Å². The minimum atomic E-state index is -4.79. The Morgan fingerprint density at radius 3 is 2.43 bits per heavy atom. The zero-order valence-corrected chi connectivity index (χ0v) is 15.8. The fourth-order valence-corrected chi connectivity index (χ4v) is 3.16. The van der Waals surface area contributed by atoms with Crippen molar-refractivity contribution in [1.82, 2.24) is 14.5 Å². The molecule has 3 aromatic rings. The van der Waals surface area contributed by atoms with E-state index in [1.165, 1.54) is 12.1 Å². The maximum absolute atomic E-state index is 13.2. The molecule has 1 heterocycles. The fraction of sp³-hybridized carbons (Fsp3) is 0.250. The maximum Gasteiger partial charge on any atom is 0.416 e. The molecule has 0 unspecified atom stereocenters. The number of aromatic nitrogens is 2. The number of para-hydroxylation sites is 1. The van der Waals surface area contributed by atoms with E-state index in [0.29, 0.717) is 6.07 Å². The van der Waals surface area contributed by atoms with Crippen molar-refractivity contribution in [2.24, 2.45) is 0 Å². The summed E-state index contributed by atoms with van der Waals surface area (Å²) in [7, 11) is 0. The lowest BCUT2D eigenvalue weighted by molar-refractivity contribution is -0.138. The largest absolute Gasteiger partial charge is 0.416 e. The number of alkyl halides is 3. The average Bonchev–Trinajstić information content (AvgIpc) is 2.70. The lowest BCUT2D eigenvalue weighted by Crippen LogP contribution is -2.42. The minimum absolute atomic E-state index is 0.0919. The van der Waals surface area contributed by atoms with Gasteiger partial charge in [-0.1, -0.05) is 18.2 Å². The molecular weight excluding hydrogens is 406 g/mol. The number of benzene rings is 2. The van der Waals surface area contributed by atoms with E-state index in [2.05, 4.69) is 5.32 Å². The predicted molar refractivity (Wildman–Crippen MR) is 101 cm³/mol. The Balaban J connectivity index is 1.89. The Morgan fingerprint density at radius 2 is 1.77 bits per heavy atom. The van der Waals surface area contributed by atoms with Crippen molar-refractivity contribution in [2.75, 3.05) is 0 Å². The molecule has 0 saturated carbocycles. The Bertz CT molecular complexity index is 1230. The molecule has 3 rings (SSSR count). The van der Waals surface area contributed by atoms with Gasteiger partial charge in [0.1, 0.15) is 12.4 Å². The van der Waals surface area contributed by atoms with Crippen LogP contribution in [-0.4, -0.2) is 15.0 Å². The van der Waals surface area contributed by atoms with E-state index < -0.39 is 47.8 Å². The van der Waals surface area contributed by atoms with E-state index in [0.717, 1.165) is 21.3 Å². The van der Waals surface area contributed by atoms with Crippen molar-refractivity contribution in [3.8, 4) is 0 Å². The van der Waals surface area contributed by atoms with Gasteiger partial charge in [-0.2, -0.15) is 13.2 Å². The highest BCUT2D eigenvalue weighted by Crippen LogP contribution is 2.32. The van der Waals surface area contributed by atoms with E-state index in [9.17, 15) is 31.9 Å². The molecule has 0 bridgehead atoms. The van der Waals surface area contributed by atoms with Gasteiger partial charge in [0.2, 0.25) is 5.91 Å². The molecule has 0 spiro atoms. The molecule has 1 amide bonds. The summed E-state index contributed by atoms with van der Waals surface area (Å²) in [5.74, 6) is -1.78. The van der Waals surface area contributed by atoms with Gasteiger partial charge in [0, 0.05) is 13.1 Å². The molecule has 0 fully saturated rings. The smallest absolute Gasteiger partial charge is 0.350 e. The fourth-order valence-electron chi connectivity index (χ4n) is 3.16. The number of carbonyl (C=O) groups excluding carboxylic acids is 1. The Labute approximate surface area is 167 Å². The van der Waals surface area contributed by atoms with E-state index in [4.69, 9.17) is 0 Å². The van der Waals surface area contributed by atoms with Gasteiger partial charge < -0.3 is 5.32 Å². The van der Waals surface area contributed by atoms with E-state index in [1.807, 2.05) is 0 Å². The Kier molecular flexibility index (Phi) is 5.77. The summed E-state index contributed by atoms with van der Waals surface area (Å²) in [5.41, 5.74) is -2.45. The third kappa shape index (κ3) is 4.12. The first-order chi connectivity index (χ1) is 14.1. The third-order valence-electron chi connectivity index (χ3n) is 4.60. The molecule has 30 heavy (non-hydrogen) atoms. The average molecular weight is 423 g/mol. The molecular formula is C20H17F4N3O3. The third-order valence-corrected chi connectivity index (χ3v) is 4.60. The van der Waals surface area contributed by atoms with Crippen LogP contribution in [0.15, 0.2) is 52.1 Å². The van der Waals surface area contributed by atoms with Crippen LogP contribution in [0, 0.1) is 5.82 Å². The second-order valence-electron chi connectivity index (χ2n) is 6.51. The first-order valence-electron chi connectivity index (χ1n) is 8.98. The number of nitrogens with one attached hydrogen (secondary N) is 1. The van der Waals surface area contributed by atoms with Gasteiger partial charge in [0.05, 0.1) is 16.5 Å². The number of halogens is 4. The molecule has 0 aliphatic carbocycles. The van der Waals surface area contributed by atoms with E-state index in [-0.39, 0.29) is 23.0 Å². The summed E-state index contributed by atoms with van der Waals surface area (Å²) >= 11 is 0. The molecule has 0 atom stereocenters. The number of fused-ring (bicyclic) bond motifs is 1. The highest BCUT2D eigenvalue weighted by molar-refractivity contribution is 5.81. The van der Waals surface area contributed by atoms with Gasteiger partial charge >= 0.3 is 11.9 Å². The molecule has 0 saturated heterocycles. The lowest BCUT2D eigenvalue weighted by atomic mass is 10.1. The van der Waals surface area contributed by atoms with Crippen molar-refractivity contribution in [3.05, 3.63) is 80.2 Å². The topological polar surface area (TPSA) is 73.1 Å². The SMILES string of the molecule is CCn1c(=O)c2ccccc2n(CC(=O)NCc2ccc(F)cc2C(F)(F)F)c1=O. The number of nitrogens with zero attached hydrogens (tertiary/aromatic N) is 2. The molecule has 1 N–H and O–H groups in total. The first-order valence-corrected chi connectivity index (χ1v) is 8.98. The Morgan fingerprint density at radius 1 is 1.07 bits per heavy atom. The first kappa shape index (κ1) is 21.3. The van der Waals surface area contributed by atoms with Gasteiger partial charge in [-0.25, -0.2) is 9.18 Å². The van der Waals surface area contributed by atoms with E-state index in [1.54, 1.807) is 19.1 Å². The van der Waals surface area contributed by atoms with Crippen LogP contribution in [0.2, 0.25) is 0 Å². The molecule has 10 heteroatoms. The van der Waals surface area contributed by atoms with Gasteiger partial charge in [-0.3, -0.25) is 18.7 Å². The second kappa shape index (κ2) is 8.13. The van der Waals surface area contributed by atoms with Crippen LogP contribution in [0.5, 0.6) is 0 Å². The van der Waals surface area contributed by atoms with Gasteiger partial charge in [-0.15, -0.1) is 0 Å². The molecule has 0 radical (unpaired) electrons. The van der Waals surface area contributed by atoms with Gasteiger partial charge in [0.25, 0.3) is 5.56 Å². The molecule has 6 nitrogen and oxygen atoms in total. The zero-order chi connectivity index (χ0) is 22.1. The van der Waals surface area contributed by atoms with Crippen LogP contribution in [0.25, 0.3) is 10.9 Å². The summed E-state index contributed by atoms with van der Waals surface area (Å²) in [6, 6.07) is 8.41. The van der Waals surface area contributed by atoms with Crippen LogP contribution in [0.4, 0.5) is 17.6 Å². The number of rotatable bonds is 5. The quantitative estimate of drug-likeness (QED) is 0.642. The van der Waals surface area contributed by atoms with Crippen molar-refractivity contribution in [3.63, 3.8) is 0 Å². The lowest BCUT2D eigenvalue weighted by Gasteiger charge is -2.15. The van der Waals surface area contributed by atoms with E-state index >= 15 is 0 Å². The summed E-state index contributed by atoms with van der Waals surface area (Å²) < 4.78 is 54.5. The molecule has 0 aliphatic heterocycles. The Hall–Kier alpha value is -3.43. The molecule has 0 aliphatic rings. The van der Waals surface area contributed by atoms with Gasteiger partial charge in [-0.05, 0) is 36.8 Å². The summed E-state index contributed by atoms with van der Waals surface area (Å²) in [6.07, 6.45) is -4.79. The summed E-state index contributed by atoms with van der Waals surface area (Å²) in [4.78, 5) is 37.4. The monoisotopic (exact) mass is 423 g/mol. The molecule has 158 valence electrons. The normalized spacial score (nSPS) is 11.6. The number of hydrogen-bond acceptors (Lipinski definition) is 3. The van der Waals surface area contributed by atoms with Crippen LogP contribution in [0.3, 0.4) is 0 Å². The van der Waals surface area contributed by atoms with Crippen LogP contribution in [-0.2, 0) is 30.6 Å². The zero-order valence-electron chi connectivity index (χ0n) is 15.8. The number of carbonyl (C=O) groups is 1. The minimum Gasteiger partial charge on any atom is -0.350 e. The highest BCUT2D eigenvalue weighted by Gasteiger charge is 2.33. The van der Waals surface area contributed by atoms with Crippen molar-refractivity contribution in [2.45, 2.75) is 32.7 Å². The number of hydrogen-bond donors (Lipinski definition) is 1. The molecule has 1 aromatic heterocycles.